The molecule has 2 aromatic rings. The molecule has 0 unspecified atom stereocenters. The number of aryl methyl sites for hydroxylation is 2. The number of carbonyl (C=O) groups is 1. The second-order valence-electron chi connectivity index (χ2n) is 10.5. The minimum absolute atomic E-state index is 0.0169. The summed E-state index contributed by atoms with van der Waals surface area (Å²) in [6.07, 6.45) is 13.5. The molecular formula is C33H48N2O4. The van der Waals surface area contributed by atoms with Crippen molar-refractivity contribution < 1.29 is 19.0 Å². The number of hydrogen-bond acceptors (Lipinski definition) is 5. The van der Waals surface area contributed by atoms with Crippen molar-refractivity contribution in [2.24, 2.45) is 0 Å². The van der Waals surface area contributed by atoms with E-state index < -0.39 is 0 Å². The topological polar surface area (TPSA) is 51.2 Å². The van der Waals surface area contributed by atoms with Gasteiger partial charge in [0, 0.05) is 37.9 Å². The molecule has 1 saturated heterocycles. The summed E-state index contributed by atoms with van der Waals surface area (Å²) < 4.78 is 17.3. The maximum atomic E-state index is 12.9. The molecule has 0 spiro atoms. The average Bonchev–Trinajstić information content (AvgIpc) is 2.95. The minimum atomic E-state index is 0.0169. The lowest BCUT2D eigenvalue weighted by Crippen LogP contribution is -2.48. The molecule has 0 saturated carbocycles. The van der Waals surface area contributed by atoms with E-state index in [2.05, 4.69) is 43.9 Å². The fraction of sp³-hybridized carbons (Fsp3) is 0.545. The molecule has 0 radical (unpaired) electrons. The highest BCUT2D eigenvalue weighted by molar-refractivity contribution is 5.92. The van der Waals surface area contributed by atoms with Crippen molar-refractivity contribution in [3.63, 3.8) is 0 Å². The van der Waals surface area contributed by atoms with Crippen LogP contribution in [0.1, 0.15) is 75.0 Å². The fourth-order valence-electron chi connectivity index (χ4n) is 5.15. The Morgan fingerprint density at radius 2 is 1.46 bits per heavy atom. The van der Waals surface area contributed by atoms with E-state index in [1.165, 1.54) is 61.8 Å². The first-order valence-corrected chi connectivity index (χ1v) is 14.6. The van der Waals surface area contributed by atoms with Gasteiger partial charge in [-0.3, -0.25) is 4.79 Å². The van der Waals surface area contributed by atoms with Gasteiger partial charge in [0.05, 0.1) is 20.8 Å². The third-order valence-electron chi connectivity index (χ3n) is 7.43. The number of unbranched alkanes of at least 4 members (excludes halogenated alkanes) is 7. The summed E-state index contributed by atoms with van der Waals surface area (Å²) in [7, 11) is 3.26. The predicted octanol–water partition coefficient (Wildman–Crippen LogP) is 7.20. The standard InChI is InChI=1S/C33H48N2O4/c1-6-7-8-9-10-11-12-13-22-39-33-30(37-4)24-28(25-31(33)38-5)15-17-32(36)35-20-18-34(19-21-35)29-16-14-26(2)23-27(29)3/h14-17,23-25H,6-13,18-22H2,1-5H3/b17-15+. The highest BCUT2D eigenvalue weighted by Gasteiger charge is 2.21. The van der Waals surface area contributed by atoms with Crippen LogP contribution in [0.4, 0.5) is 5.69 Å². The van der Waals surface area contributed by atoms with E-state index in [0.717, 1.165) is 25.1 Å². The molecule has 1 aliphatic heterocycles. The van der Waals surface area contributed by atoms with Crippen LogP contribution in [-0.4, -0.2) is 57.8 Å². The maximum Gasteiger partial charge on any atom is 0.246 e. The molecular weight excluding hydrogens is 488 g/mol. The Labute approximate surface area is 235 Å². The second-order valence-corrected chi connectivity index (χ2v) is 10.5. The van der Waals surface area contributed by atoms with Gasteiger partial charge in [-0.15, -0.1) is 0 Å². The third kappa shape index (κ3) is 9.22. The van der Waals surface area contributed by atoms with Gasteiger partial charge in [0.15, 0.2) is 11.5 Å². The van der Waals surface area contributed by atoms with E-state index in [-0.39, 0.29) is 5.91 Å². The highest BCUT2D eigenvalue weighted by atomic mass is 16.5. The van der Waals surface area contributed by atoms with Crippen molar-refractivity contribution in [1.82, 2.24) is 4.90 Å². The minimum Gasteiger partial charge on any atom is -0.493 e. The molecule has 6 nitrogen and oxygen atoms in total. The molecule has 1 amide bonds. The lowest BCUT2D eigenvalue weighted by atomic mass is 10.1. The summed E-state index contributed by atoms with van der Waals surface area (Å²) in [6, 6.07) is 10.3. The van der Waals surface area contributed by atoms with E-state index in [0.29, 0.717) is 36.9 Å². The molecule has 0 aliphatic carbocycles. The third-order valence-corrected chi connectivity index (χ3v) is 7.43. The van der Waals surface area contributed by atoms with E-state index in [9.17, 15) is 4.79 Å². The molecule has 1 heterocycles. The van der Waals surface area contributed by atoms with Gasteiger partial charge >= 0.3 is 0 Å². The molecule has 39 heavy (non-hydrogen) atoms. The summed E-state index contributed by atoms with van der Waals surface area (Å²) in [5, 5.41) is 0. The molecule has 1 aliphatic rings. The first-order valence-electron chi connectivity index (χ1n) is 14.6. The quantitative estimate of drug-likeness (QED) is 0.178. The number of amides is 1. The van der Waals surface area contributed by atoms with E-state index in [1.54, 1.807) is 20.3 Å². The number of nitrogens with zero attached hydrogens (tertiary/aromatic N) is 2. The largest absolute Gasteiger partial charge is 0.493 e. The van der Waals surface area contributed by atoms with Crippen LogP contribution in [-0.2, 0) is 4.79 Å². The molecule has 0 bridgehead atoms. The van der Waals surface area contributed by atoms with Crippen LogP contribution in [0.25, 0.3) is 6.08 Å². The number of ether oxygens (including phenoxy) is 3. The van der Waals surface area contributed by atoms with Crippen LogP contribution in [0, 0.1) is 13.8 Å². The molecule has 6 heteroatoms. The first-order chi connectivity index (χ1) is 19.0. The van der Waals surface area contributed by atoms with E-state index in [1.807, 2.05) is 23.1 Å². The number of carbonyl (C=O) groups excluding carboxylic acids is 1. The highest BCUT2D eigenvalue weighted by Crippen LogP contribution is 2.39. The second kappa shape index (κ2) is 16.1. The molecule has 3 rings (SSSR count). The van der Waals surface area contributed by atoms with Crippen molar-refractivity contribution >= 4 is 17.7 Å². The number of hydrogen-bond donors (Lipinski definition) is 0. The van der Waals surface area contributed by atoms with Gasteiger partial charge < -0.3 is 24.0 Å². The summed E-state index contributed by atoms with van der Waals surface area (Å²) in [5.41, 5.74) is 4.65. The summed E-state index contributed by atoms with van der Waals surface area (Å²) in [5.74, 6) is 1.86. The molecule has 214 valence electrons. The smallest absolute Gasteiger partial charge is 0.246 e. The number of anilines is 1. The first kappa shape index (κ1) is 30.4. The van der Waals surface area contributed by atoms with E-state index in [4.69, 9.17) is 14.2 Å². The van der Waals surface area contributed by atoms with Crippen LogP contribution in [0.2, 0.25) is 0 Å². The van der Waals surface area contributed by atoms with Crippen LogP contribution in [0.3, 0.4) is 0 Å². The average molecular weight is 537 g/mol. The van der Waals surface area contributed by atoms with E-state index >= 15 is 0 Å². The summed E-state index contributed by atoms with van der Waals surface area (Å²) >= 11 is 0. The molecule has 0 atom stereocenters. The zero-order chi connectivity index (χ0) is 28.0. The normalized spacial score (nSPS) is 13.7. The Hall–Kier alpha value is -3.15. The van der Waals surface area contributed by atoms with Crippen LogP contribution < -0.4 is 19.1 Å². The SMILES string of the molecule is CCCCCCCCCCOc1c(OC)cc(/C=C/C(=O)N2CCN(c3ccc(C)cc3C)CC2)cc1OC. The number of rotatable bonds is 15. The van der Waals surface area contributed by atoms with Gasteiger partial charge in [-0.2, -0.15) is 0 Å². The maximum absolute atomic E-state index is 12.9. The van der Waals surface area contributed by atoms with Gasteiger partial charge in [-0.25, -0.2) is 0 Å². The van der Waals surface area contributed by atoms with Gasteiger partial charge in [-0.1, -0.05) is 69.6 Å². The predicted molar refractivity (Wildman–Crippen MR) is 161 cm³/mol. The van der Waals surface area contributed by atoms with Crippen LogP contribution in [0.15, 0.2) is 36.4 Å². The fourth-order valence-corrected chi connectivity index (χ4v) is 5.15. The summed E-state index contributed by atoms with van der Waals surface area (Å²) in [6.45, 7) is 10.2. The Morgan fingerprint density at radius 3 is 2.05 bits per heavy atom. The Morgan fingerprint density at radius 1 is 0.846 bits per heavy atom. The summed E-state index contributed by atoms with van der Waals surface area (Å²) in [4.78, 5) is 17.2. The lowest BCUT2D eigenvalue weighted by Gasteiger charge is -2.36. The number of methoxy groups -OCH3 is 2. The number of piperazine rings is 1. The zero-order valence-corrected chi connectivity index (χ0v) is 24.8. The molecule has 2 aromatic carbocycles. The lowest BCUT2D eigenvalue weighted by molar-refractivity contribution is -0.126. The molecule has 0 N–H and O–H groups in total. The van der Waals surface area contributed by atoms with Gasteiger partial charge in [0.2, 0.25) is 11.7 Å². The van der Waals surface area contributed by atoms with Crippen LogP contribution >= 0.6 is 0 Å². The van der Waals surface area contributed by atoms with Gasteiger partial charge in [0.1, 0.15) is 0 Å². The van der Waals surface area contributed by atoms with Crippen molar-refractivity contribution in [3.05, 3.63) is 53.1 Å². The van der Waals surface area contributed by atoms with Crippen LogP contribution in [0.5, 0.6) is 17.2 Å². The Balaban J connectivity index is 1.51. The Kier molecular flexibility index (Phi) is 12.5. The number of benzene rings is 2. The monoisotopic (exact) mass is 536 g/mol. The molecule has 0 aromatic heterocycles. The van der Waals surface area contributed by atoms with Gasteiger partial charge in [0.25, 0.3) is 0 Å². The zero-order valence-electron chi connectivity index (χ0n) is 24.8. The van der Waals surface area contributed by atoms with Crippen molar-refractivity contribution in [2.75, 3.05) is 51.9 Å². The Bertz CT molecular complexity index is 1050. The van der Waals surface area contributed by atoms with Crippen molar-refractivity contribution in [3.8, 4) is 17.2 Å². The molecule has 1 fully saturated rings. The van der Waals surface area contributed by atoms with Crippen molar-refractivity contribution in [2.45, 2.75) is 72.1 Å². The van der Waals surface area contributed by atoms with Crippen molar-refractivity contribution in [1.29, 1.82) is 0 Å². The van der Waals surface area contributed by atoms with Gasteiger partial charge in [-0.05, 0) is 55.7 Å².